The van der Waals surface area contributed by atoms with Crippen molar-refractivity contribution in [1.82, 2.24) is 10.2 Å². The first-order valence-electron chi connectivity index (χ1n) is 12.2. The van der Waals surface area contributed by atoms with Crippen molar-refractivity contribution < 1.29 is 18.0 Å². The Kier molecular flexibility index (Phi) is 8.26. The Morgan fingerprint density at radius 1 is 1.03 bits per heavy atom. The SMILES string of the molecule is CC(C)CNC(=O)[C@@H]1CCCN(C(=O)c2ccc(NS(=O)(=O)c3ccc(C(C)(C)C)cc3)cc2)C1. The van der Waals surface area contributed by atoms with Gasteiger partial charge in [0.05, 0.1) is 10.8 Å². The Morgan fingerprint density at radius 3 is 2.23 bits per heavy atom. The number of nitrogens with one attached hydrogen (secondary N) is 2. The predicted octanol–water partition coefficient (Wildman–Crippen LogP) is 4.41. The van der Waals surface area contributed by atoms with Gasteiger partial charge in [-0.2, -0.15) is 0 Å². The first-order chi connectivity index (χ1) is 16.4. The molecule has 8 heteroatoms. The Balaban J connectivity index is 1.64. The second kappa shape index (κ2) is 10.8. The summed E-state index contributed by atoms with van der Waals surface area (Å²) in [6.45, 7) is 11.9. The van der Waals surface area contributed by atoms with E-state index in [1.54, 1.807) is 41.3 Å². The summed E-state index contributed by atoms with van der Waals surface area (Å²) in [5.41, 5.74) is 1.83. The Hall–Kier alpha value is -2.87. The zero-order chi connectivity index (χ0) is 25.8. The van der Waals surface area contributed by atoms with Crippen molar-refractivity contribution in [3.8, 4) is 0 Å². The van der Waals surface area contributed by atoms with Crippen molar-refractivity contribution in [2.75, 3.05) is 24.4 Å². The molecule has 1 aliphatic rings. The first-order valence-corrected chi connectivity index (χ1v) is 13.7. The first kappa shape index (κ1) is 26.7. The van der Waals surface area contributed by atoms with Gasteiger partial charge in [0.1, 0.15) is 0 Å². The lowest BCUT2D eigenvalue weighted by atomic mass is 9.87. The highest BCUT2D eigenvalue weighted by Crippen LogP contribution is 2.25. The molecule has 0 aromatic heterocycles. The van der Waals surface area contributed by atoms with Gasteiger partial charge >= 0.3 is 0 Å². The fraction of sp³-hybridized carbons (Fsp3) is 0.481. The standard InChI is InChI=1S/C27H37N3O4S/c1-19(2)17-28-25(31)21-7-6-16-30(18-21)26(32)20-8-12-23(13-9-20)29-35(33,34)24-14-10-22(11-15-24)27(3,4)5/h8-15,19,21,29H,6-7,16-18H2,1-5H3,(H,28,31)/t21-/m1/s1. The molecule has 0 aliphatic carbocycles. The number of benzene rings is 2. The molecule has 2 aromatic rings. The third-order valence-electron chi connectivity index (χ3n) is 6.18. The van der Waals surface area contributed by atoms with Gasteiger partial charge in [-0.15, -0.1) is 0 Å². The van der Waals surface area contributed by atoms with Gasteiger partial charge in [-0.05, 0) is 66.1 Å². The zero-order valence-corrected chi connectivity index (χ0v) is 22.1. The van der Waals surface area contributed by atoms with Gasteiger partial charge in [-0.1, -0.05) is 46.8 Å². The summed E-state index contributed by atoms with van der Waals surface area (Å²) in [5.74, 6) is 0.0105. The zero-order valence-electron chi connectivity index (χ0n) is 21.3. The number of likely N-dealkylation sites (tertiary alicyclic amines) is 1. The Labute approximate surface area is 209 Å². The third kappa shape index (κ3) is 7.07. The number of piperidine rings is 1. The van der Waals surface area contributed by atoms with Crippen molar-refractivity contribution in [2.45, 2.75) is 57.8 Å². The molecule has 35 heavy (non-hydrogen) atoms. The molecule has 7 nitrogen and oxygen atoms in total. The van der Waals surface area contributed by atoms with Crippen molar-refractivity contribution in [2.24, 2.45) is 11.8 Å². The Bertz CT molecular complexity index is 1130. The van der Waals surface area contributed by atoms with E-state index in [-0.39, 0.29) is 28.0 Å². The second-order valence-electron chi connectivity index (χ2n) is 10.7. The van der Waals surface area contributed by atoms with Crippen LogP contribution in [0.4, 0.5) is 5.69 Å². The molecule has 1 fully saturated rings. The van der Waals surface area contributed by atoms with E-state index in [0.717, 1.165) is 18.4 Å². The lowest BCUT2D eigenvalue weighted by Crippen LogP contribution is -2.46. The summed E-state index contributed by atoms with van der Waals surface area (Å²) < 4.78 is 28.2. The van der Waals surface area contributed by atoms with E-state index < -0.39 is 10.0 Å². The number of anilines is 1. The van der Waals surface area contributed by atoms with E-state index in [1.807, 2.05) is 26.0 Å². The quantitative estimate of drug-likeness (QED) is 0.590. The van der Waals surface area contributed by atoms with E-state index in [4.69, 9.17) is 0 Å². The molecule has 0 bridgehead atoms. The number of nitrogens with zero attached hydrogens (tertiary/aromatic N) is 1. The van der Waals surface area contributed by atoms with Crippen molar-refractivity contribution in [3.05, 3.63) is 59.7 Å². The molecule has 1 aliphatic heterocycles. The number of amides is 2. The predicted molar refractivity (Wildman–Crippen MR) is 139 cm³/mol. The average Bonchev–Trinajstić information content (AvgIpc) is 2.82. The van der Waals surface area contributed by atoms with Crippen LogP contribution >= 0.6 is 0 Å². The lowest BCUT2D eigenvalue weighted by molar-refractivity contribution is -0.126. The van der Waals surface area contributed by atoms with Crippen molar-refractivity contribution in [3.63, 3.8) is 0 Å². The van der Waals surface area contributed by atoms with Gasteiger partial charge in [-0.25, -0.2) is 8.42 Å². The normalized spacial score (nSPS) is 16.7. The van der Waals surface area contributed by atoms with Crippen LogP contribution in [0.25, 0.3) is 0 Å². The molecule has 2 N–H and O–H groups in total. The van der Waals surface area contributed by atoms with Crippen LogP contribution in [0.5, 0.6) is 0 Å². The molecule has 190 valence electrons. The smallest absolute Gasteiger partial charge is 0.261 e. The summed E-state index contributed by atoms with van der Waals surface area (Å²) >= 11 is 0. The van der Waals surface area contributed by atoms with Crippen LogP contribution in [0.2, 0.25) is 0 Å². The van der Waals surface area contributed by atoms with Crippen molar-refractivity contribution in [1.29, 1.82) is 0 Å². The summed E-state index contributed by atoms with van der Waals surface area (Å²) in [5, 5.41) is 2.96. The number of rotatable bonds is 7. The maximum atomic E-state index is 13.0. The molecule has 1 heterocycles. The van der Waals surface area contributed by atoms with E-state index >= 15 is 0 Å². The highest BCUT2D eigenvalue weighted by molar-refractivity contribution is 7.92. The molecule has 2 amide bonds. The average molecular weight is 500 g/mol. The second-order valence-corrected chi connectivity index (χ2v) is 12.4. The van der Waals surface area contributed by atoms with Gasteiger partial charge in [0.15, 0.2) is 0 Å². The molecule has 1 saturated heterocycles. The maximum absolute atomic E-state index is 13.0. The molecular weight excluding hydrogens is 462 g/mol. The van der Waals surface area contributed by atoms with E-state index in [0.29, 0.717) is 36.8 Å². The van der Waals surface area contributed by atoms with Gasteiger partial charge in [0.2, 0.25) is 5.91 Å². The van der Waals surface area contributed by atoms with Gasteiger partial charge in [-0.3, -0.25) is 14.3 Å². The van der Waals surface area contributed by atoms with Crippen LogP contribution in [0.3, 0.4) is 0 Å². The minimum absolute atomic E-state index is 0.00325. The minimum Gasteiger partial charge on any atom is -0.356 e. The molecule has 1 atom stereocenters. The highest BCUT2D eigenvalue weighted by Gasteiger charge is 2.29. The van der Waals surface area contributed by atoms with E-state index in [1.165, 1.54) is 0 Å². The number of carbonyl (C=O) groups excluding carboxylic acids is 2. The summed E-state index contributed by atoms with van der Waals surface area (Å²) in [4.78, 5) is 27.4. The van der Waals surface area contributed by atoms with Crippen LogP contribution in [0.15, 0.2) is 53.4 Å². The number of sulfonamides is 1. The molecule has 2 aromatic carbocycles. The third-order valence-corrected chi connectivity index (χ3v) is 7.58. The van der Waals surface area contributed by atoms with Crippen molar-refractivity contribution >= 4 is 27.5 Å². The van der Waals surface area contributed by atoms with Gasteiger partial charge in [0, 0.05) is 30.9 Å². The molecular formula is C27H37N3O4S. The fourth-order valence-corrected chi connectivity index (χ4v) is 5.09. The molecule has 3 rings (SSSR count). The van der Waals surface area contributed by atoms with Crippen LogP contribution in [-0.2, 0) is 20.2 Å². The summed E-state index contributed by atoms with van der Waals surface area (Å²) in [6.07, 6.45) is 1.54. The van der Waals surface area contributed by atoms with Crippen LogP contribution in [0, 0.1) is 11.8 Å². The lowest BCUT2D eigenvalue weighted by Gasteiger charge is -2.32. The van der Waals surface area contributed by atoms with E-state index in [9.17, 15) is 18.0 Å². The van der Waals surface area contributed by atoms with Crippen LogP contribution in [-0.4, -0.2) is 44.8 Å². The number of hydrogen-bond donors (Lipinski definition) is 2. The summed E-state index contributed by atoms with van der Waals surface area (Å²) in [6, 6.07) is 13.3. The fourth-order valence-electron chi connectivity index (χ4n) is 4.04. The summed E-state index contributed by atoms with van der Waals surface area (Å²) in [7, 11) is -3.75. The molecule has 0 spiro atoms. The molecule has 0 unspecified atom stereocenters. The minimum atomic E-state index is -3.75. The van der Waals surface area contributed by atoms with Crippen LogP contribution < -0.4 is 10.0 Å². The van der Waals surface area contributed by atoms with Gasteiger partial charge in [0.25, 0.3) is 15.9 Å². The molecule has 0 saturated carbocycles. The number of carbonyl (C=O) groups is 2. The largest absolute Gasteiger partial charge is 0.356 e. The Morgan fingerprint density at radius 2 is 1.66 bits per heavy atom. The topological polar surface area (TPSA) is 95.6 Å². The van der Waals surface area contributed by atoms with Gasteiger partial charge < -0.3 is 10.2 Å². The van der Waals surface area contributed by atoms with E-state index in [2.05, 4.69) is 30.8 Å². The van der Waals surface area contributed by atoms with Crippen LogP contribution in [0.1, 0.15) is 63.4 Å². The number of hydrogen-bond acceptors (Lipinski definition) is 4. The monoisotopic (exact) mass is 499 g/mol. The maximum Gasteiger partial charge on any atom is 0.261 e. The highest BCUT2D eigenvalue weighted by atomic mass is 32.2. The molecule has 0 radical (unpaired) electrons.